The van der Waals surface area contributed by atoms with Crippen LogP contribution in [0.4, 0.5) is 16.4 Å². The SMILES string of the molecule is CN(Cc1cc2c(nc1C=O)N(C(=O)Nc1cc(OC3CCCOC3)c(C#N)cn1)CCC2)C(=O)C1CCCO1. The van der Waals surface area contributed by atoms with E-state index < -0.39 is 12.1 Å². The summed E-state index contributed by atoms with van der Waals surface area (Å²) in [5, 5.41) is 12.3. The molecule has 2 atom stereocenters. The van der Waals surface area contributed by atoms with Crippen molar-refractivity contribution in [1.82, 2.24) is 14.9 Å². The van der Waals surface area contributed by atoms with Crippen LogP contribution in [0.5, 0.6) is 5.75 Å². The van der Waals surface area contributed by atoms with E-state index in [9.17, 15) is 19.6 Å². The predicted octanol–water partition coefficient (Wildman–Crippen LogP) is 2.84. The van der Waals surface area contributed by atoms with Crippen molar-refractivity contribution in [2.24, 2.45) is 0 Å². The van der Waals surface area contributed by atoms with Crippen LogP contribution < -0.4 is 15.0 Å². The smallest absolute Gasteiger partial charge is 0.328 e. The summed E-state index contributed by atoms with van der Waals surface area (Å²) in [6.45, 7) is 2.31. The van der Waals surface area contributed by atoms with Gasteiger partial charge in [-0.15, -0.1) is 0 Å². The third kappa shape index (κ3) is 6.05. The van der Waals surface area contributed by atoms with Gasteiger partial charge in [0, 0.05) is 45.0 Å². The van der Waals surface area contributed by atoms with Gasteiger partial charge in [0.15, 0.2) is 6.29 Å². The third-order valence-corrected chi connectivity index (χ3v) is 7.25. The van der Waals surface area contributed by atoms with E-state index in [1.54, 1.807) is 11.9 Å². The molecule has 0 saturated carbocycles. The largest absolute Gasteiger partial charge is 0.486 e. The van der Waals surface area contributed by atoms with E-state index in [-0.39, 0.29) is 35.6 Å². The molecule has 210 valence electrons. The number of amides is 3. The molecule has 2 aromatic rings. The van der Waals surface area contributed by atoms with Crippen LogP contribution in [0.15, 0.2) is 18.3 Å². The summed E-state index contributed by atoms with van der Waals surface area (Å²) in [5.74, 6) is 0.828. The Bertz CT molecular complexity index is 1320. The van der Waals surface area contributed by atoms with Crippen LogP contribution in [-0.4, -0.2) is 78.7 Å². The molecule has 2 saturated heterocycles. The van der Waals surface area contributed by atoms with Gasteiger partial charge < -0.3 is 19.1 Å². The number of hydrogen-bond acceptors (Lipinski definition) is 9. The Kier molecular flexibility index (Phi) is 8.52. The number of anilines is 2. The first-order valence-corrected chi connectivity index (χ1v) is 13.5. The number of urea groups is 1. The maximum atomic E-state index is 13.3. The highest BCUT2D eigenvalue weighted by Crippen LogP contribution is 2.29. The van der Waals surface area contributed by atoms with Crippen molar-refractivity contribution in [3.05, 3.63) is 40.7 Å². The number of nitrogens with one attached hydrogen (secondary N) is 1. The summed E-state index contributed by atoms with van der Waals surface area (Å²) < 4.78 is 17.0. The first-order valence-electron chi connectivity index (χ1n) is 13.5. The van der Waals surface area contributed by atoms with E-state index in [4.69, 9.17) is 14.2 Å². The monoisotopic (exact) mass is 548 g/mol. The normalized spacial score (nSPS) is 20.2. The predicted molar refractivity (Wildman–Crippen MR) is 143 cm³/mol. The number of aromatic nitrogens is 2. The van der Waals surface area contributed by atoms with Crippen LogP contribution in [0.2, 0.25) is 0 Å². The van der Waals surface area contributed by atoms with Gasteiger partial charge in [0.2, 0.25) is 0 Å². The first-order chi connectivity index (χ1) is 19.5. The second kappa shape index (κ2) is 12.4. The Morgan fingerprint density at radius 2 is 2.12 bits per heavy atom. The van der Waals surface area contributed by atoms with E-state index in [0.717, 1.165) is 24.8 Å². The molecule has 40 heavy (non-hydrogen) atoms. The topological polar surface area (TPSA) is 147 Å². The van der Waals surface area contributed by atoms with Crippen molar-refractivity contribution < 1.29 is 28.6 Å². The van der Waals surface area contributed by atoms with E-state index in [1.807, 2.05) is 6.07 Å². The molecule has 3 amide bonds. The molecule has 0 bridgehead atoms. The highest BCUT2D eigenvalue weighted by Gasteiger charge is 2.29. The fourth-order valence-electron chi connectivity index (χ4n) is 5.18. The fraction of sp³-hybridized carbons (Fsp3) is 0.500. The van der Waals surface area contributed by atoms with E-state index in [0.29, 0.717) is 69.0 Å². The molecule has 0 spiro atoms. The molecule has 2 aromatic heterocycles. The lowest BCUT2D eigenvalue weighted by atomic mass is 10.0. The van der Waals surface area contributed by atoms with Crippen molar-refractivity contribution in [2.75, 3.05) is 43.6 Å². The van der Waals surface area contributed by atoms with Gasteiger partial charge in [0.05, 0.1) is 12.8 Å². The molecule has 0 radical (unpaired) electrons. The van der Waals surface area contributed by atoms with Gasteiger partial charge in [-0.05, 0) is 50.2 Å². The Morgan fingerprint density at radius 3 is 2.85 bits per heavy atom. The number of likely N-dealkylation sites (N-methyl/N-ethyl adjacent to an activating group) is 1. The number of aldehydes is 1. The van der Waals surface area contributed by atoms with Gasteiger partial charge >= 0.3 is 6.03 Å². The number of aryl methyl sites for hydroxylation is 1. The number of nitriles is 1. The number of hydrogen-bond donors (Lipinski definition) is 1. The lowest BCUT2D eigenvalue weighted by Crippen LogP contribution is -2.40. The summed E-state index contributed by atoms with van der Waals surface area (Å²) >= 11 is 0. The van der Waals surface area contributed by atoms with Gasteiger partial charge in [-0.1, -0.05) is 0 Å². The fourth-order valence-corrected chi connectivity index (χ4v) is 5.18. The minimum atomic E-state index is -0.465. The van der Waals surface area contributed by atoms with Crippen LogP contribution >= 0.6 is 0 Å². The second-order valence-corrected chi connectivity index (χ2v) is 10.1. The highest BCUT2D eigenvalue weighted by atomic mass is 16.5. The van der Waals surface area contributed by atoms with Gasteiger partial charge in [0.1, 0.15) is 46.9 Å². The van der Waals surface area contributed by atoms with E-state index in [1.165, 1.54) is 17.2 Å². The zero-order valence-corrected chi connectivity index (χ0v) is 22.4. The molecule has 2 fully saturated rings. The van der Waals surface area contributed by atoms with Gasteiger partial charge in [-0.3, -0.25) is 19.8 Å². The summed E-state index contributed by atoms with van der Waals surface area (Å²) in [6, 6.07) is 4.99. The minimum absolute atomic E-state index is 0.123. The summed E-state index contributed by atoms with van der Waals surface area (Å²) in [7, 11) is 1.68. The first kappa shape index (κ1) is 27.5. The van der Waals surface area contributed by atoms with Gasteiger partial charge in [-0.2, -0.15) is 5.26 Å². The molecule has 1 N–H and O–H groups in total. The number of nitrogens with zero attached hydrogens (tertiary/aromatic N) is 5. The molecule has 0 aliphatic carbocycles. The van der Waals surface area contributed by atoms with Crippen LogP contribution in [-0.2, 0) is 27.2 Å². The number of fused-ring (bicyclic) bond motifs is 1. The Balaban J connectivity index is 1.32. The summed E-state index contributed by atoms with van der Waals surface area (Å²) in [5.41, 5.74) is 1.87. The Morgan fingerprint density at radius 1 is 1.27 bits per heavy atom. The third-order valence-electron chi connectivity index (χ3n) is 7.25. The van der Waals surface area contributed by atoms with Crippen LogP contribution in [0.3, 0.4) is 0 Å². The van der Waals surface area contributed by atoms with Crippen LogP contribution in [0, 0.1) is 11.3 Å². The molecular formula is C28H32N6O6. The highest BCUT2D eigenvalue weighted by molar-refractivity contribution is 6.01. The van der Waals surface area contributed by atoms with E-state index >= 15 is 0 Å². The molecule has 3 aliphatic rings. The quantitative estimate of drug-likeness (QED) is 0.516. The van der Waals surface area contributed by atoms with Gasteiger partial charge in [-0.25, -0.2) is 14.8 Å². The zero-order chi connectivity index (χ0) is 28.1. The molecule has 12 nitrogen and oxygen atoms in total. The molecule has 5 heterocycles. The molecular weight excluding hydrogens is 516 g/mol. The number of rotatable bonds is 7. The van der Waals surface area contributed by atoms with Crippen molar-refractivity contribution in [3.63, 3.8) is 0 Å². The minimum Gasteiger partial charge on any atom is -0.486 e. The average Bonchev–Trinajstić information content (AvgIpc) is 3.52. The second-order valence-electron chi connectivity index (χ2n) is 10.1. The molecule has 5 rings (SSSR count). The van der Waals surface area contributed by atoms with Crippen LogP contribution in [0.25, 0.3) is 0 Å². The van der Waals surface area contributed by atoms with E-state index in [2.05, 4.69) is 21.4 Å². The number of pyridine rings is 2. The average molecular weight is 549 g/mol. The maximum Gasteiger partial charge on any atom is 0.328 e. The number of ether oxygens (including phenoxy) is 3. The molecule has 3 aliphatic heterocycles. The van der Waals surface area contributed by atoms with Gasteiger partial charge in [0.25, 0.3) is 5.91 Å². The zero-order valence-electron chi connectivity index (χ0n) is 22.4. The van der Waals surface area contributed by atoms with Crippen molar-refractivity contribution >= 4 is 29.9 Å². The maximum absolute atomic E-state index is 13.3. The summed E-state index contributed by atoms with van der Waals surface area (Å²) in [6.07, 6.45) is 5.97. The summed E-state index contributed by atoms with van der Waals surface area (Å²) in [4.78, 5) is 49.8. The number of carbonyl (C=O) groups excluding carboxylic acids is 3. The molecule has 0 aromatic carbocycles. The lowest BCUT2D eigenvalue weighted by molar-refractivity contribution is -0.140. The Hall–Kier alpha value is -4.08. The number of carbonyl (C=O) groups is 3. The van der Waals surface area contributed by atoms with Crippen molar-refractivity contribution in [1.29, 1.82) is 5.26 Å². The molecule has 2 unspecified atom stereocenters. The van der Waals surface area contributed by atoms with Crippen molar-refractivity contribution in [3.8, 4) is 11.8 Å². The molecule has 12 heteroatoms. The van der Waals surface area contributed by atoms with Crippen LogP contribution in [0.1, 0.15) is 59.3 Å². The Labute approximate surface area is 232 Å². The standard InChI is InChI=1S/C28H32N6O6/c1-33(27(36)23-7-4-10-39-23)15-19-11-18-5-2-8-34(26(18)31-22(19)16-35)28(37)32-25-12-24(20(13-29)14-30-25)40-21-6-3-9-38-17-21/h11-12,14,16,21,23H,2-10,15,17H2,1H3,(H,30,32,37). The van der Waals surface area contributed by atoms with Crippen molar-refractivity contribution in [2.45, 2.75) is 57.3 Å². The lowest BCUT2D eigenvalue weighted by Gasteiger charge is -2.30.